The number of rotatable bonds is 4. The van der Waals surface area contributed by atoms with Crippen molar-refractivity contribution in [2.24, 2.45) is 5.92 Å². The fraction of sp³-hybridized carbons (Fsp3) is 0.444. The summed E-state index contributed by atoms with van der Waals surface area (Å²) in [5, 5.41) is 11.5. The van der Waals surface area contributed by atoms with Crippen molar-refractivity contribution < 1.29 is 17.9 Å². The monoisotopic (exact) mass is 375 g/mol. The zero-order valence-corrected chi connectivity index (χ0v) is 15.4. The number of nitrogens with one attached hydrogen (secondary N) is 1. The van der Waals surface area contributed by atoms with Gasteiger partial charge in [0.1, 0.15) is 6.07 Å². The van der Waals surface area contributed by atoms with E-state index in [2.05, 4.69) is 5.32 Å². The minimum atomic E-state index is -3.55. The van der Waals surface area contributed by atoms with Gasteiger partial charge in [-0.15, -0.1) is 0 Å². The Morgan fingerprint density at radius 1 is 1.35 bits per heavy atom. The third-order valence-corrected chi connectivity index (χ3v) is 6.49. The van der Waals surface area contributed by atoms with E-state index in [0.717, 1.165) is 12.8 Å². The quantitative estimate of drug-likeness (QED) is 0.868. The maximum atomic E-state index is 12.7. The topological polar surface area (TPSA) is 99.5 Å². The number of hydrogen-bond acceptors (Lipinski definition) is 5. The zero-order valence-electron chi connectivity index (χ0n) is 14.6. The summed E-state index contributed by atoms with van der Waals surface area (Å²) >= 11 is 0. The van der Waals surface area contributed by atoms with Gasteiger partial charge in [-0.1, -0.05) is 6.92 Å². The van der Waals surface area contributed by atoms with Gasteiger partial charge in [0.2, 0.25) is 15.9 Å². The molecule has 8 heteroatoms. The van der Waals surface area contributed by atoms with Crippen LogP contribution >= 0.6 is 0 Å². The molecule has 1 aromatic carbocycles. The second kappa shape index (κ2) is 7.48. The third-order valence-electron chi connectivity index (χ3n) is 4.61. The van der Waals surface area contributed by atoms with Crippen LogP contribution in [-0.4, -0.2) is 38.3 Å². The highest BCUT2D eigenvalue weighted by Crippen LogP contribution is 2.24. The lowest BCUT2D eigenvalue weighted by Gasteiger charge is -2.30. The first-order chi connectivity index (χ1) is 12.4. The molecule has 0 spiro atoms. The van der Waals surface area contributed by atoms with Crippen LogP contribution in [0, 0.1) is 17.2 Å². The number of carbonyl (C=O) groups excluding carboxylic acids is 1. The first-order valence-corrected chi connectivity index (χ1v) is 10.0. The fourth-order valence-corrected chi connectivity index (χ4v) is 4.74. The van der Waals surface area contributed by atoms with E-state index in [1.807, 2.05) is 13.0 Å². The minimum absolute atomic E-state index is 0.177. The predicted octanol–water partition coefficient (Wildman–Crippen LogP) is 1.99. The number of piperidine rings is 1. The van der Waals surface area contributed by atoms with Crippen LogP contribution in [-0.2, 0) is 14.8 Å². The zero-order chi connectivity index (χ0) is 18.7. The number of nitriles is 1. The van der Waals surface area contributed by atoms with Crippen LogP contribution in [0.25, 0.3) is 0 Å². The van der Waals surface area contributed by atoms with Gasteiger partial charge in [-0.25, -0.2) is 8.42 Å². The molecule has 1 N–H and O–H groups in total. The number of amides is 1. The van der Waals surface area contributed by atoms with Crippen LogP contribution in [0.1, 0.15) is 36.5 Å². The van der Waals surface area contributed by atoms with E-state index >= 15 is 0 Å². The van der Waals surface area contributed by atoms with Gasteiger partial charge in [-0.3, -0.25) is 10.1 Å². The predicted molar refractivity (Wildman–Crippen MR) is 94.3 cm³/mol. The number of ether oxygens (including phenoxy) is 1. The molecule has 3 rings (SSSR count). The number of nitrogens with zero attached hydrogens (tertiary/aromatic N) is 2. The first-order valence-electron chi connectivity index (χ1n) is 8.59. The number of sulfonamides is 1. The molecule has 1 saturated heterocycles. The molecule has 1 fully saturated rings. The molecule has 0 bridgehead atoms. The van der Waals surface area contributed by atoms with Crippen LogP contribution in [0.15, 0.2) is 40.6 Å². The normalized spacial score (nSPS) is 21.2. The molecule has 26 heavy (non-hydrogen) atoms. The van der Waals surface area contributed by atoms with Gasteiger partial charge in [-0.2, -0.15) is 9.57 Å². The van der Waals surface area contributed by atoms with Crippen LogP contribution in [0.2, 0.25) is 0 Å². The molecular formula is C18H21N3O4S. The summed E-state index contributed by atoms with van der Waals surface area (Å²) < 4.78 is 32.2. The number of benzene rings is 1. The average Bonchev–Trinajstić information content (AvgIpc) is 3.09. The molecule has 0 radical (unpaired) electrons. The Hall–Kier alpha value is -2.37. The van der Waals surface area contributed by atoms with E-state index in [4.69, 9.17) is 10.00 Å². The van der Waals surface area contributed by atoms with Gasteiger partial charge in [0, 0.05) is 25.1 Å². The smallest absolute Gasteiger partial charge is 0.257 e. The fourth-order valence-electron chi connectivity index (χ4n) is 3.14. The molecule has 1 aromatic rings. The second-order valence-electron chi connectivity index (χ2n) is 6.61. The van der Waals surface area contributed by atoms with E-state index in [1.165, 1.54) is 28.6 Å². The Morgan fingerprint density at radius 2 is 2.08 bits per heavy atom. The van der Waals surface area contributed by atoms with E-state index in [1.54, 1.807) is 0 Å². The SMILES string of the molecule is C[C@@H]1CCCN(S(=O)(=O)c2ccc(C(=O)NC3=C(C#N)CCO3)cc2)C1. The highest BCUT2D eigenvalue weighted by molar-refractivity contribution is 7.89. The molecule has 0 saturated carbocycles. The average molecular weight is 375 g/mol. The van der Waals surface area contributed by atoms with Gasteiger partial charge in [0.25, 0.3) is 5.91 Å². The number of hydrogen-bond donors (Lipinski definition) is 1. The van der Waals surface area contributed by atoms with Crippen molar-refractivity contribution in [1.82, 2.24) is 9.62 Å². The highest BCUT2D eigenvalue weighted by atomic mass is 32.2. The highest BCUT2D eigenvalue weighted by Gasteiger charge is 2.28. The first kappa shape index (κ1) is 18.4. The Kier molecular flexibility index (Phi) is 5.30. The van der Waals surface area contributed by atoms with Crippen LogP contribution < -0.4 is 5.32 Å². The summed E-state index contributed by atoms with van der Waals surface area (Å²) in [5.74, 6) is 0.0827. The lowest BCUT2D eigenvalue weighted by Crippen LogP contribution is -2.39. The molecule has 2 aliphatic rings. The van der Waals surface area contributed by atoms with E-state index < -0.39 is 15.9 Å². The molecule has 1 atom stereocenters. The minimum Gasteiger partial charge on any atom is -0.478 e. The maximum absolute atomic E-state index is 12.7. The van der Waals surface area contributed by atoms with Gasteiger partial charge >= 0.3 is 0 Å². The lowest BCUT2D eigenvalue weighted by molar-refractivity contribution is 0.0930. The summed E-state index contributed by atoms with van der Waals surface area (Å²) in [6, 6.07) is 7.82. The molecule has 2 aliphatic heterocycles. The van der Waals surface area contributed by atoms with Crippen LogP contribution in [0.3, 0.4) is 0 Å². The third kappa shape index (κ3) is 3.74. The summed E-state index contributed by atoms with van der Waals surface area (Å²) in [7, 11) is -3.55. The largest absolute Gasteiger partial charge is 0.478 e. The molecule has 0 aromatic heterocycles. The van der Waals surface area contributed by atoms with Crippen molar-refractivity contribution in [3.05, 3.63) is 41.3 Å². The second-order valence-corrected chi connectivity index (χ2v) is 8.54. The standard InChI is InChI=1S/C18H21N3O4S/c1-13-3-2-9-21(12-13)26(23,24)16-6-4-14(5-7-16)17(22)20-18-15(11-19)8-10-25-18/h4-7,13H,2-3,8-10,12H2,1H3,(H,20,22)/t13-/m1/s1. The van der Waals surface area contributed by atoms with E-state index in [-0.39, 0.29) is 10.8 Å². The molecule has 0 unspecified atom stereocenters. The Labute approximate surface area is 153 Å². The van der Waals surface area contributed by atoms with Crippen molar-refractivity contribution in [3.8, 4) is 6.07 Å². The Bertz CT molecular complexity index is 869. The van der Waals surface area contributed by atoms with Crippen LogP contribution in [0.5, 0.6) is 0 Å². The lowest BCUT2D eigenvalue weighted by atomic mass is 10.0. The Morgan fingerprint density at radius 3 is 2.73 bits per heavy atom. The van der Waals surface area contributed by atoms with Crippen LogP contribution in [0.4, 0.5) is 0 Å². The molecule has 1 amide bonds. The summed E-state index contributed by atoms with van der Waals surface area (Å²) in [5.41, 5.74) is 0.702. The van der Waals surface area contributed by atoms with Crippen molar-refractivity contribution in [3.63, 3.8) is 0 Å². The van der Waals surface area contributed by atoms with Gasteiger partial charge in [0.15, 0.2) is 0 Å². The van der Waals surface area contributed by atoms with Crippen molar-refractivity contribution >= 4 is 15.9 Å². The van der Waals surface area contributed by atoms with Crippen molar-refractivity contribution in [2.75, 3.05) is 19.7 Å². The molecule has 138 valence electrons. The van der Waals surface area contributed by atoms with Crippen molar-refractivity contribution in [2.45, 2.75) is 31.1 Å². The summed E-state index contributed by atoms with van der Waals surface area (Å²) in [4.78, 5) is 12.5. The summed E-state index contributed by atoms with van der Waals surface area (Å²) in [6.07, 6.45) is 2.36. The summed E-state index contributed by atoms with van der Waals surface area (Å²) in [6.45, 7) is 3.46. The molecule has 0 aliphatic carbocycles. The van der Waals surface area contributed by atoms with Gasteiger partial charge in [-0.05, 0) is 43.0 Å². The number of carbonyl (C=O) groups is 1. The molecule has 7 nitrogen and oxygen atoms in total. The maximum Gasteiger partial charge on any atom is 0.257 e. The van der Waals surface area contributed by atoms with Gasteiger partial charge in [0.05, 0.1) is 17.1 Å². The molecular weight excluding hydrogens is 354 g/mol. The Balaban J connectivity index is 1.74. The van der Waals surface area contributed by atoms with Gasteiger partial charge < -0.3 is 4.74 Å². The molecule has 2 heterocycles. The van der Waals surface area contributed by atoms with E-state index in [0.29, 0.717) is 43.2 Å². The van der Waals surface area contributed by atoms with Crippen molar-refractivity contribution in [1.29, 1.82) is 5.26 Å². The van der Waals surface area contributed by atoms with E-state index in [9.17, 15) is 13.2 Å².